The number of likely N-dealkylation sites (tertiary alicyclic amines) is 1. The number of benzene rings is 2. The molecule has 6 nitrogen and oxygen atoms in total. The van der Waals surface area contributed by atoms with E-state index >= 15 is 0 Å². The van der Waals surface area contributed by atoms with Crippen LogP contribution in [-0.4, -0.2) is 43.6 Å². The average molecular weight is 340 g/mol. The van der Waals surface area contributed by atoms with Crippen molar-refractivity contribution in [2.45, 2.75) is 18.6 Å². The molecule has 3 aromatic rings. The van der Waals surface area contributed by atoms with Crippen LogP contribution in [0.1, 0.15) is 28.4 Å². The van der Waals surface area contributed by atoms with Crippen molar-refractivity contribution in [1.82, 2.24) is 19.9 Å². The number of carbonyl (C=O) groups excluding carboxylic acids is 1. The highest BCUT2D eigenvalue weighted by Gasteiger charge is 2.35. The first-order valence-corrected chi connectivity index (χ1v) is 8.07. The van der Waals surface area contributed by atoms with Crippen LogP contribution in [0.4, 0.5) is 4.39 Å². The molecule has 0 spiro atoms. The SMILES string of the molecule is Cn1nnc2cc(C(=O)N3C[C@H](O)C[C@@H]3c3ccc(F)cc3)ccc21. The molecule has 1 aliphatic rings. The maximum atomic E-state index is 13.2. The molecular formula is C18H17FN4O2. The highest BCUT2D eigenvalue weighted by Crippen LogP contribution is 2.33. The van der Waals surface area contributed by atoms with Crippen molar-refractivity contribution in [2.75, 3.05) is 6.54 Å². The van der Waals surface area contributed by atoms with E-state index in [2.05, 4.69) is 10.3 Å². The van der Waals surface area contributed by atoms with Gasteiger partial charge < -0.3 is 10.0 Å². The molecule has 0 radical (unpaired) electrons. The number of aryl methyl sites for hydroxylation is 1. The summed E-state index contributed by atoms with van der Waals surface area (Å²) in [5.74, 6) is -0.508. The first-order chi connectivity index (χ1) is 12.0. The van der Waals surface area contributed by atoms with Crippen LogP contribution in [0.25, 0.3) is 11.0 Å². The smallest absolute Gasteiger partial charge is 0.254 e. The summed E-state index contributed by atoms with van der Waals surface area (Å²) in [6.07, 6.45) is -0.163. The lowest BCUT2D eigenvalue weighted by Crippen LogP contribution is -2.31. The van der Waals surface area contributed by atoms with Gasteiger partial charge in [0.2, 0.25) is 0 Å². The molecular weight excluding hydrogens is 323 g/mol. The third-order valence-electron chi connectivity index (χ3n) is 4.65. The largest absolute Gasteiger partial charge is 0.391 e. The zero-order valence-electron chi connectivity index (χ0n) is 13.6. The lowest BCUT2D eigenvalue weighted by atomic mass is 10.0. The van der Waals surface area contributed by atoms with Gasteiger partial charge in [-0.15, -0.1) is 5.10 Å². The van der Waals surface area contributed by atoms with Gasteiger partial charge in [-0.2, -0.15) is 0 Å². The Morgan fingerprint density at radius 2 is 2.00 bits per heavy atom. The van der Waals surface area contributed by atoms with E-state index < -0.39 is 6.10 Å². The van der Waals surface area contributed by atoms with Crippen LogP contribution in [0.5, 0.6) is 0 Å². The molecule has 2 heterocycles. The van der Waals surface area contributed by atoms with E-state index in [-0.39, 0.29) is 24.3 Å². The number of hydrogen-bond donors (Lipinski definition) is 1. The van der Waals surface area contributed by atoms with Gasteiger partial charge in [0.1, 0.15) is 11.3 Å². The van der Waals surface area contributed by atoms with Crippen LogP contribution in [-0.2, 0) is 7.05 Å². The monoisotopic (exact) mass is 340 g/mol. The van der Waals surface area contributed by atoms with Crippen molar-refractivity contribution in [1.29, 1.82) is 0 Å². The molecule has 1 N–H and O–H groups in total. The third-order valence-corrected chi connectivity index (χ3v) is 4.65. The predicted molar refractivity (Wildman–Crippen MR) is 89.3 cm³/mol. The molecule has 0 aliphatic carbocycles. The minimum absolute atomic E-state index is 0.182. The Bertz CT molecular complexity index is 938. The second-order valence-corrected chi connectivity index (χ2v) is 6.33. The highest BCUT2D eigenvalue weighted by molar-refractivity contribution is 5.97. The van der Waals surface area contributed by atoms with E-state index in [1.807, 2.05) is 6.07 Å². The average Bonchev–Trinajstić information content (AvgIpc) is 3.18. The molecule has 1 fully saturated rings. The summed E-state index contributed by atoms with van der Waals surface area (Å²) in [6.45, 7) is 0.249. The van der Waals surface area contributed by atoms with Crippen LogP contribution >= 0.6 is 0 Å². The summed E-state index contributed by atoms with van der Waals surface area (Å²) in [4.78, 5) is 14.6. The standard InChI is InChI=1S/C18H17FN4O2/c1-22-16-7-4-12(8-15(16)20-21-22)18(25)23-10-14(24)9-17(23)11-2-5-13(19)6-3-11/h2-8,14,17,24H,9-10H2,1H3/t14-,17-/m1/s1. The number of aliphatic hydroxyl groups is 1. The number of carbonyl (C=O) groups is 1. The van der Waals surface area contributed by atoms with Crippen LogP contribution in [0.2, 0.25) is 0 Å². The van der Waals surface area contributed by atoms with Gasteiger partial charge in [-0.25, -0.2) is 9.07 Å². The normalized spacial score (nSPS) is 20.4. The summed E-state index contributed by atoms with van der Waals surface area (Å²) in [6, 6.07) is 11.0. The summed E-state index contributed by atoms with van der Waals surface area (Å²) >= 11 is 0. The van der Waals surface area contributed by atoms with Gasteiger partial charge in [0.15, 0.2) is 0 Å². The zero-order chi connectivity index (χ0) is 17.6. The quantitative estimate of drug-likeness (QED) is 0.775. The van der Waals surface area contributed by atoms with Crippen LogP contribution in [0.3, 0.4) is 0 Å². The molecule has 0 saturated carbocycles. The fourth-order valence-electron chi connectivity index (χ4n) is 3.38. The summed E-state index contributed by atoms with van der Waals surface area (Å²) < 4.78 is 14.8. The van der Waals surface area contributed by atoms with E-state index in [0.717, 1.165) is 11.1 Å². The van der Waals surface area contributed by atoms with E-state index in [4.69, 9.17) is 0 Å². The first-order valence-electron chi connectivity index (χ1n) is 8.07. The molecule has 1 aromatic heterocycles. The summed E-state index contributed by atoms with van der Waals surface area (Å²) in [5, 5.41) is 18.0. The van der Waals surface area contributed by atoms with Gasteiger partial charge in [0.05, 0.1) is 17.7 Å². The van der Waals surface area contributed by atoms with E-state index in [9.17, 15) is 14.3 Å². The van der Waals surface area contributed by atoms with Crippen molar-refractivity contribution in [3.05, 3.63) is 59.4 Å². The fraction of sp³-hybridized carbons (Fsp3) is 0.278. The van der Waals surface area contributed by atoms with Gasteiger partial charge in [-0.05, 0) is 42.3 Å². The molecule has 2 aromatic carbocycles. The summed E-state index contributed by atoms with van der Waals surface area (Å²) in [7, 11) is 1.79. The Labute approximate surface area is 143 Å². The lowest BCUT2D eigenvalue weighted by Gasteiger charge is -2.25. The van der Waals surface area contributed by atoms with Crippen molar-refractivity contribution in [3.63, 3.8) is 0 Å². The Morgan fingerprint density at radius 3 is 2.76 bits per heavy atom. The molecule has 1 amide bonds. The third kappa shape index (κ3) is 2.76. The van der Waals surface area contributed by atoms with Crippen molar-refractivity contribution >= 4 is 16.9 Å². The minimum atomic E-state index is -0.598. The zero-order valence-corrected chi connectivity index (χ0v) is 13.6. The van der Waals surface area contributed by atoms with Gasteiger partial charge >= 0.3 is 0 Å². The molecule has 1 aliphatic heterocycles. The number of aliphatic hydroxyl groups excluding tert-OH is 1. The van der Waals surface area contributed by atoms with Gasteiger partial charge in [0, 0.05) is 19.2 Å². The van der Waals surface area contributed by atoms with Crippen molar-refractivity contribution in [3.8, 4) is 0 Å². The Balaban J connectivity index is 1.67. The molecule has 1 saturated heterocycles. The van der Waals surface area contributed by atoms with Gasteiger partial charge in [0.25, 0.3) is 5.91 Å². The van der Waals surface area contributed by atoms with Crippen LogP contribution in [0.15, 0.2) is 42.5 Å². The number of halogens is 1. The number of nitrogens with zero attached hydrogens (tertiary/aromatic N) is 4. The topological polar surface area (TPSA) is 71.2 Å². The highest BCUT2D eigenvalue weighted by atomic mass is 19.1. The molecule has 0 unspecified atom stereocenters. The Kier molecular flexibility index (Phi) is 3.73. The number of amides is 1. The number of rotatable bonds is 2. The van der Waals surface area contributed by atoms with E-state index in [0.29, 0.717) is 17.5 Å². The fourth-order valence-corrected chi connectivity index (χ4v) is 3.38. The molecule has 0 bridgehead atoms. The van der Waals surface area contributed by atoms with E-state index in [1.165, 1.54) is 12.1 Å². The molecule has 4 rings (SSSR count). The molecule has 25 heavy (non-hydrogen) atoms. The maximum absolute atomic E-state index is 13.2. The second-order valence-electron chi connectivity index (χ2n) is 6.33. The number of aromatic nitrogens is 3. The lowest BCUT2D eigenvalue weighted by molar-refractivity contribution is 0.0716. The Morgan fingerprint density at radius 1 is 1.24 bits per heavy atom. The minimum Gasteiger partial charge on any atom is -0.391 e. The number of hydrogen-bond acceptors (Lipinski definition) is 4. The molecule has 2 atom stereocenters. The van der Waals surface area contributed by atoms with Gasteiger partial charge in [-0.3, -0.25) is 4.79 Å². The Hall–Kier alpha value is -2.80. The van der Waals surface area contributed by atoms with Crippen molar-refractivity contribution < 1.29 is 14.3 Å². The molecule has 7 heteroatoms. The van der Waals surface area contributed by atoms with Crippen molar-refractivity contribution in [2.24, 2.45) is 7.05 Å². The summed E-state index contributed by atoms with van der Waals surface area (Å²) in [5.41, 5.74) is 2.79. The van der Waals surface area contributed by atoms with Gasteiger partial charge in [-0.1, -0.05) is 17.3 Å². The van der Waals surface area contributed by atoms with Crippen LogP contribution in [0, 0.1) is 5.82 Å². The second kappa shape index (κ2) is 5.93. The first kappa shape index (κ1) is 15.7. The van der Waals surface area contributed by atoms with Crippen LogP contribution < -0.4 is 0 Å². The predicted octanol–water partition coefficient (Wildman–Crippen LogP) is 2.06. The number of β-amino-alcohol motifs (C(OH)–C–C–N with tert-alkyl or cyclic N) is 1. The number of fused-ring (bicyclic) bond motifs is 1. The van der Waals surface area contributed by atoms with E-state index in [1.54, 1.807) is 40.9 Å². The maximum Gasteiger partial charge on any atom is 0.254 e. The molecule has 128 valence electrons.